The molecule has 1 heterocycles. The third-order valence-electron chi connectivity index (χ3n) is 2.47. The standard InChI is InChI=1S/C13H9Cl2N3O4/c1-6-4-10(18-22-6)12(19)11(13(20)21)17-16-7-2-3-8(14)9(15)5-7/h2-5,19H,1H3,(H,20,21)/b12-11-,17-16?. The van der Waals surface area contributed by atoms with Gasteiger partial charge in [0.1, 0.15) is 5.76 Å². The van der Waals surface area contributed by atoms with Crippen LogP contribution in [0.25, 0.3) is 5.76 Å². The number of aliphatic carboxylic acids is 1. The SMILES string of the molecule is Cc1cc(/C(O)=C(/N=Nc2ccc(Cl)c(Cl)c2)C(=O)O)no1. The van der Waals surface area contributed by atoms with Crippen molar-refractivity contribution >= 4 is 40.6 Å². The summed E-state index contributed by atoms with van der Waals surface area (Å²) in [5.41, 5.74) is -0.459. The van der Waals surface area contributed by atoms with Gasteiger partial charge in [0.05, 0.1) is 15.7 Å². The van der Waals surface area contributed by atoms with E-state index < -0.39 is 17.4 Å². The molecule has 2 aromatic rings. The lowest BCUT2D eigenvalue weighted by molar-refractivity contribution is -0.132. The molecule has 0 fully saturated rings. The van der Waals surface area contributed by atoms with Crippen LogP contribution in [0.2, 0.25) is 10.0 Å². The van der Waals surface area contributed by atoms with Crippen molar-refractivity contribution in [3.8, 4) is 0 Å². The van der Waals surface area contributed by atoms with Crippen molar-refractivity contribution in [3.05, 3.63) is 51.5 Å². The Balaban J connectivity index is 2.38. The molecule has 0 saturated heterocycles. The van der Waals surface area contributed by atoms with Crippen molar-refractivity contribution in [2.45, 2.75) is 6.92 Å². The number of hydrogen-bond acceptors (Lipinski definition) is 6. The van der Waals surface area contributed by atoms with Gasteiger partial charge in [0.2, 0.25) is 5.70 Å². The highest BCUT2D eigenvalue weighted by Gasteiger charge is 2.18. The molecule has 2 N–H and O–H groups in total. The van der Waals surface area contributed by atoms with Gasteiger partial charge in [-0.3, -0.25) is 0 Å². The minimum Gasteiger partial charge on any atom is -0.504 e. The molecule has 7 nitrogen and oxygen atoms in total. The second-order valence-corrected chi connectivity index (χ2v) is 4.94. The van der Waals surface area contributed by atoms with Crippen LogP contribution in [0.4, 0.5) is 5.69 Å². The number of aliphatic hydroxyl groups is 1. The van der Waals surface area contributed by atoms with Gasteiger partial charge in [0.25, 0.3) is 0 Å². The zero-order chi connectivity index (χ0) is 16.3. The van der Waals surface area contributed by atoms with E-state index in [1.165, 1.54) is 24.3 Å². The summed E-state index contributed by atoms with van der Waals surface area (Å²) in [6.45, 7) is 1.60. The van der Waals surface area contributed by atoms with E-state index in [0.717, 1.165) is 0 Å². The van der Waals surface area contributed by atoms with Gasteiger partial charge in [-0.25, -0.2) is 4.79 Å². The van der Waals surface area contributed by atoms with Gasteiger partial charge in [0.15, 0.2) is 11.5 Å². The van der Waals surface area contributed by atoms with E-state index in [2.05, 4.69) is 15.4 Å². The van der Waals surface area contributed by atoms with Crippen molar-refractivity contribution in [2.75, 3.05) is 0 Å². The van der Waals surface area contributed by atoms with Crippen LogP contribution in [-0.2, 0) is 4.79 Å². The molecule has 0 aliphatic rings. The maximum atomic E-state index is 11.2. The Bertz CT molecular complexity index is 783. The van der Waals surface area contributed by atoms with Crippen molar-refractivity contribution in [2.24, 2.45) is 10.2 Å². The first-order valence-electron chi connectivity index (χ1n) is 5.85. The van der Waals surface area contributed by atoms with Crippen LogP contribution in [0.1, 0.15) is 11.5 Å². The third kappa shape index (κ3) is 3.63. The zero-order valence-corrected chi connectivity index (χ0v) is 12.6. The summed E-state index contributed by atoms with van der Waals surface area (Å²) in [4.78, 5) is 11.2. The lowest BCUT2D eigenvalue weighted by Gasteiger charge is -1.99. The summed E-state index contributed by atoms with van der Waals surface area (Å²) in [7, 11) is 0. The Morgan fingerprint density at radius 2 is 1.95 bits per heavy atom. The van der Waals surface area contributed by atoms with Gasteiger partial charge in [-0.2, -0.15) is 5.11 Å². The molecule has 114 valence electrons. The predicted molar refractivity (Wildman–Crippen MR) is 79.4 cm³/mol. The molecule has 0 bridgehead atoms. The van der Waals surface area contributed by atoms with Gasteiger partial charge in [-0.1, -0.05) is 28.4 Å². The molecule has 0 saturated carbocycles. The molecule has 0 amide bonds. The maximum Gasteiger partial charge on any atom is 0.360 e. The molecule has 1 aromatic carbocycles. The van der Waals surface area contributed by atoms with E-state index in [4.69, 9.17) is 32.8 Å². The van der Waals surface area contributed by atoms with E-state index in [1.807, 2.05) is 0 Å². The first-order chi connectivity index (χ1) is 10.4. The normalized spacial score (nSPS) is 12.5. The first kappa shape index (κ1) is 16.0. The summed E-state index contributed by atoms with van der Waals surface area (Å²) in [6.07, 6.45) is 0. The van der Waals surface area contributed by atoms with Crippen LogP contribution in [0.15, 0.2) is 44.7 Å². The van der Waals surface area contributed by atoms with Gasteiger partial charge in [-0.15, -0.1) is 5.11 Å². The molecule has 22 heavy (non-hydrogen) atoms. The fourth-order valence-corrected chi connectivity index (χ4v) is 1.74. The van der Waals surface area contributed by atoms with Crippen LogP contribution in [-0.4, -0.2) is 21.3 Å². The quantitative estimate of drug-likeness (QED) is 0.487. The fourth-order valence-electron chi connectivity index (χ4n) is 1.45. The Hall–Kier alpha value is -2.38. The van der Waals surface area contributed by atoms with Gasteiger partial charge >= 0.3 is 5.97 Å². The smallest absolute Gasteiger partial charge is 0.360 e. The van der Waals surface area contributed by atoms with E-state index in [-0.39, 0.29) is 16.4 Å². The van der Waals surface area contributed by atoms with Crippen molar-refractivity contribution in [1.29, 1.82) is 0 Å². The summed E-state index contributed by atoms with van der Waals surface area (Å²) < 4.78 is 4.77. The van der Waals surface area contributed by atoms with Crippen molar-refractivity contribution < 1.29 is 19.5 Å². The summed E-state index contributed by atoms with van der Waals surface area (Å²) in [5, 5.41) is 30.3. The van der Waals surface area contributed by atoms with Crippen LogP contribution < -0.4 is 0 Å². The number of nitrogens with zero attached hydrogens (tertiary/aromatic N) is 3. The minimum atomic E-state index is -1.47. The molecule has 2 rings (SSSR count). The number of rotatable bonds is 4. The lowest BCUT2D eigenvalue weighted by Crippen LogP contribution is -2.02. The Labute approximate surface area is 134 Å². The molecule has 0 aliphatic carbocycles. The topological polar surface area (TPSA) is 108 Å². The highest BCUT2D eigenvalue weighted by atomic mass is 35.5. The van der Waals surface area contributed by atoms with Crippen molar-refractivity contribution in [1.82, 2.24) is 5.16 Å². The van der Waals surface area contributed by atoms with Crippen LogP contribution in [0, 0.1) is 6.92 Å². The molecule has 9 heteroatoms. The number of benzene rings is 1. The van der Waals surface area contributed by atoms with Crippen LogP contribution in [0.5, 0.6) is 0 Å². The van der Waals surface area contributed by atoms with E-state index in [9.17, 15) is 9.90 Å². The Morgan fingerprint density at radius 1 is 1.23 bits per heavy atom. The monoisotopic (exact) mass is 341 g/mol. The average Bonchev–Trinajstić information content (AvgIpc) is 2.89. The fraction of sp³-hybridized carbons (Fsp3) is 0.0769. The number of halogens is 2. The van der Waals surface area contributed by atoms with Crippen molar-refractivity contribution in [3.63, 3.8) is 0 Å². The second-order valence-electron chi connectivity index (χ2n) is 4.12. The molecule has 0 aliphatic heterocycles. The number of aryl methyl sites for hydroxylation is 1. The second kappa shape index (κ2) is 6.59. The predicted octanol–water partition coefficient (Wildman–Crippen LogP) is 4.38. The molecule has 0 spiro atoms. The van der Waals surface area contributed by atoms with E-state index in [0.29, 0.717) is 10.8 Å². The first-order valence-corrected chi connectivity index (χ1v) is 6.61. The molecule has 1 aromatic heterocycles. The molecular formula is C13H9Cl2N3O4. The number of carbonyl (C=O) groups is 1. The summed E-state index contributed by atoms with van der Waals surface area (Å²) >= 11 is 11.6. The molecular weight excluding hydrogens is 333 g/mol. The zero-order valence-electron chi connectivity index (χ0n) is 11.1. The largest absolute Gasteiger partial charge is 0.504 e. The van der Waals surface area contributed by atoms with Crippen LogP contribution >= 0.6 is 23.2 Å². The number of aromatic nitrogens is 1. The molecule has 0 radical (unpaired) electrons. The third-order valence-corrected chi connectivity index (χ3v) is 3.21. The van der Waals surface area contributed by atoms with E-state index in [1.54, 1.807) is 6.92 Å². The maximum absolute atomic E-state index is 11.2. The lowest BCUT2D eigenvalue weighted by atomic mass is 10.2. The Kier molecular flexibility index (Phi) is 4.79. The van der Waals surface area contributed by atoms with Gasteiger partial charge in [-0.05, 0) is 25.1 Å². The minimum absolute atomic E-state index is 0.0528. The number of carboxylic acids is 1. The molecule has 0 atom stereocenters. The van der Waals surface area contributed by atoms with Crippen LogP contribution in [0.3, 0.4) is 0 Å². The number of carboxylic acid groups (broad SMARTS) is 1. The Morgan fingerprint density at radius 3 is 2.50 bits per heavy atom. The highest BCUT2D eigenvalue weighted by Crippen LogP contribution is 2.27. The van der Waals surface area contributed by atoms with Gasteiger partial charge < -0.3 is 14.7 Å². The number of azo groups is 1. The average molecular weight is 342 g/mol. The van der Waals surface area contributed by atoms with E-state index >= 15 is 0 Å². The number of hydrogen-bond donors (Lipinski definition) is 2. The summed E-state index contributed by atoms with van der Waals surface area (Å²) in [5.74, 6) is -1.72. The number of aliphatic hydroxyl groups excluding tert-OH is 1. The molecule has 0 unspecified atom stereocenters. The highest BCUT2D eigenvalue weighted by molar-refractivity contribution is 6.42. The summed E-state index contributed by atoms with van der Waals surface area (Å²) in [6, 6.07) is 5.76. The van der Waals surface area contributed by atoms with Gasteiger partial charge in [0, 0.05) is 6.07 Å².